The molecule has 0 saturated heterocycles. The zero-order valence-electron chi connectivity index (χ0n) is 8.83. The SMILES string of the molecule is CCOCCCSc1cc(F)ccc1N. The molecule has 84 valence electrons. The van der Waals surface area contributed by atoms with Gasteiger partial charge in [-0.05, 0) is 31.5 Å². The zero-order chi connectivity index (χ0) is 11.1. The van der Waals surface area contributed by atoms with Crippen LogP contribution in [0.4, 0.5) is 10.1 Å². The minimum Gasteiger partial charge on any atom is -0.398 e. The molecule has 0 spiro atoms. The minimum atomic E-state index is -0.239. The molecule has 1 rings (SSSR count). The van der Waals surface area contributed by atoms with Crippen molar-refractivity contribution in [1.29, 1.82) is 0 Å². The number of anilines is 1. The molecule has 0 aliphatic heterocycles. The first-order chi connectivity index (χ1) is 7.24. The summed E-state index contributed by atoms with van der Waals surface area (Å²) in [6, 6.07) is 4.44. The van der Waals surface area contributed by atoms with Crippen LogP contribution in [0, 0.1) is 5.82 Å². The van der Waals surface area contributed by atoms with Crippen molar-refractivity contribution in [1.82, 2.24) is 0 Å². The lowest BCUT2D eigenvalue weighted by atomic mass is 10.3. The van der Waals surface area contributed by atoms with Crippen LogP contribution in [0.1, 0.15) is 13.3 Å². The van der Waals surface area contributed by atoms with Crippen molar-refractivity contribution in [2.45, 2.75) is 18.2 Å². The molecule has 2 N–H and O–H groups in total. The smallest absolute Gasteiger partial charge is 0.124 e. The zero-order valence-corrected chi connectivity index (χ0v) is 9.65. The van der Waals surface area contributed by atoms with Gasteiger partial charge in [-0.2, -0.15) is 0 Å². The Morgan fingerprint density at radius 2 is 2.27 bits per heavy atom. The Labute approximate surface area is 94.0 Å². The average molecular weight is 229 g/mol. The largest absolute Gasteiger partial charge is 0.398 e. The molecular weight excluding hydrogens is 213 g/mol. The topological polar surface area (TPSA) is 35.2 Å². The van der Waals surface area contributed by atoms with Gasteiger partial charge in [0.25, 0.3) is 0 Å². The van der Waals surface area contributed by atoms with Crippen LogP contribution in [0.25, 0.3) is 0 Å². The highest BCUT2D eigenvalue weighted by Crippen LogP contribution is 2.26. The number of thioether (sulfide) groups is 1. The maximum Gasteiger partial charge on any atom is 0.124 e. The Hall–Kier alpha value is -0.740. The summed E-state index contributed by atoms with van der Waals surface area (Å²) in [5.74, 6) is 0.657. The number of halogens is 1. The van der Waals surface area contributed by atoms with Crippen LogP contribution in [-0.2, 0) is 4.74 Å². The van der Waals surface area contributed by atoms with E-state index in [1.807, 2.05) is 6.92 Å². The van der Waals surface area contributed by atoms with Gasteiger partial charge in [0.05, 0.1) is 0 Å². The summed E-state index contributed by atoms with van der Waals surface area (Å²) in [6.45, 7) is 3.46. The first-order valence-electron chi connectivity index (χ1n) is 4.99. The van der Waals surface area contributed by atoms with E-state index >= 15 is 0 Å². The van der Waals surface area contributed by atoms with E-state index in [0.717, 1.165) is 30.3 Å². The standard InChI is InChI=1S/C11H16FNOS/c1-2-14-6-3-7-15-11-8-9(12)4-5-10(11)13/h4-5,8H,2-3,6-7,13H2,1H3. The van der Waals surface area contributed by atoms with Gasteiger partial charge >= 0.3 is 0 Å². The summed E-state index contributed by atoms with van der Waals surface area (Å²) in [7, 11) is 0. The molecule has 0 aromatic heterocycles. The van der Waals surface area contributed by atoms with Crippen molar-refractivity contribution < 1.29 is 9.13 Å². The van der Waals surface area contributed by atoms with Crippen molar-refractivity contribution in [2.24, 2.45) is 0 Å². The molecule has 0 saturated carbocycles. The molecule has 1 aromatic carbocycles. The number of rotatable bonds is 6. The molecule has 0 aliphatic carbocycles. The van der Waals surface area contributed by atoms with Gasteiger partial charge in [0, 0.05) is 29.5 Å². The molecule has 0 amide bonds. The third-order valence-corrected chi connectivity index (χ3v) is 3.03. The monoisotopic (exact) mass is 229 g/mol. The van der Waals surface area contributed by atoms with Crippen LogP contribution in [0.15, 0.2) is 23.1 Å². The van der Waals surface area contributed by atoms with Crippen molar-refractivity contribution in [3.8, 4) is 0 Å². The summed E-state index contributed by atoms with van der Waals surface area (Å²) in [5, 5.41) is 0. The lowest BCUT2D eigenvalue weighted by Crippen LogP contribution is -1.95. The van der Waals surface area contributed by atoms with Crippen molar-refractivity contribution >= 4 is 17.4 Å². The van der Waals surface area contributed by atoms with Gasteiger partial charge < -0.3 is 10.5 Å². The van der Waals surface area contributed by atoms with Crippen molar-refractivity contribution in [3.63, 3.8) is 0 Å². The summed E-state index contributed by atoms with van der Waals surface area (Å²) < 4.78 is 18.1. The van der Waals surface area contributed by atoms with Gasteiger partial charge in [0.15, 0.2) is 0 Å². The first-order valence-corrected chi connectivity index (χ1v) is 5.98. The molecule has 0 fully saturated rings. The molecule has 0 unspecified atom stereocenters. The maximum absolute atomic E-state index is 12.9. The van der Waals surface area contributed by atoms with E-state index in [-0.39, 0.29) is 5.82 Å². The quantitative estimate of drug-likeness (QED) is 0.463. The van der Waals surface area contributed by atoms with Crippen molar-refractivity contribution in [2.75, 3.05) is 24.7 Å². The number of ether oxygens (including phenoxy) is 1. The highest BCUT2D eigenvalue weighted by molar-refractivity contribution is 7.99. The fraction of sp³-hybridized carbons (Fsp3) is 0.455. The molecule has 0 bridgehead atoms. The molecular formula is C11H16FNOS. The molecule has 0 heterocycles. The molecule has 0 atom stereocenters. The highest BCUT2D eigenvalue weighted by atomic mass is 32.2. The average Bonchev–Trinajstić information content (AvgIpc) is 2.23. The fourth-order valence-electron chi connectivity index (χ4n) is 1.12. The number of nitrogen functional groups attached to an aromatic ring is 1. The minimum absolute atomic E-state index is 0.239. The Bertz CT molecular complexity index is 307. The van der Waals surface area contributed by atoms with Gasteiger partial charge in [-0.1, -0.05) is 0 Å². The van der Waals surface area contributed by atoms with Crippen LogP contribution in [0.5, 0.6) is 0 Å². The van der Waals surface area contributed by atoms with Crippen LogP contribution < -0.4 is 5.73 Å². The summed E-state index contributed by atoms with van der Waals surface area (Å²) in [5.41, 5.74) is 6.35. The van der Waals surface area contributed by atoms with Gasteiger partial charge in [-0.15, -0.1) is 11.8 Å². The van der Waals surface area contributed by atoms with Crippen LogP contribution in [0.2, 0.25) is 0 Å². The second-order valence-corrected chi connectivity index (χ2v) is 4.22. The molecule has 0 aliphatic rings. The number of nitrogens with two attached hydrogens (primary N) is 1. The Morgan fingerprint density at radius 1 is 1.47 bits per heavy atom. The molecule has 0 radical (unpaired) electrons. The number of hydrogen-bond acceptors (Lipinski definition) is 3. The Morgan fingerprint density at radius 3 is 3.00 bits per heavy atom. The highest BCUT2D eigenvalue weighted by Gasteiger charge is 2.01. The summed E-state index contributed by atoms with van der Waals surface area (Å²) in [4.78, 5) is 0.812. The molecule has 4 heteroatoms. The van der Waals surface area contributed by atoms with E-state index in [1.54, 1.807) is 17.8 Å². The molecule has 2 nitrogen and oxygen atoms in total. The lowest BCUT2D eigenvalue weighted by Gasteiger charge is -2.05. The number of benzene rings is 1. The van der Waals surface area contributed by atoms with E-state index in [2.05, 4.69) is 0 Å². The first kappa shape index (κ1) is 12.3. The van der Waals surface area contributed by atoms with Gasteiger partial charge in [-0.25, -0.2) is 4.39 Å². The normalized spacial score (nSPS) is 10.5. The van der Waals surface area contributed by atoms with E-state index in [0.29, 0.717) is 5.69 Å². The Kier molecular flexibility index (Phi) is 5.50. The summed E-state index contributed by atoms with van der Waals surface area (Å²) >= 11 is 1.57. The lowest BCUT2D eigenvalue weighted by molar-refractivity contribution is 0.149. The molecule has 15 heavy (non-hydrogen) atoms. The maximum atomic E-state index is 12.9. The van der Waals surface area contributed by atoms with E-state index in [1.165, 1.54) is 12.1 Å². The third kappa shape index (κ3) is 4.53. The van der Waals surface area contributed by atoms with Gasteiger partial charge in [-0.3, -0.25) is 0 Å². The number of hydrogen-bond donors (Lipinski definition) is 1. The van der Waals surface area contributed by atoms with Crippen LogP contribution in [-0.4, -0.2) is 19.0 Å². The fourth-order valence-corrected chi connectivity index (χ4v) is 2.03. The van der Waals surface area contributed by atoms with Crippen molar-refractivity contribution in [3.05, 3.63) is 24.0 Å². The van der Waals surface area contributed by atoms with E-state index in [9.17, 15) is 4.39 Å². The second-order valence-electron chi connectivity index (χ2n) is 3.08. The van der Waals surface area contributed by atoms with E-state index in [4.69, 9.17) is 10.5 Å². The summed E-state index contributed by atoms with van der Waals surface area (Å²) in [6.07, 6.45) is 0.953. The van der Waals surface area contributed by atoms with Gasteiger partial charge in [0.1, 0.15) is 5.82 Å². The van der Waals surface area contributed by atoms with Gasteiger partial charge in [0.2, 0.25) is 0 Å². The predicted octanol–water partition coefficient (Wildman–Crippen LogP) is 2.93. The molecule has 1 aromatic rings. The van der Waals surface area contributed by atoms with E-state index < -0.39 is 0 Å². The van der Waals surface area contributed by atoms with Crippen LogP contribution >= 0.6 is 11.8 Å². The van der Waals surface area contributed by atoms with Crippen LogP contribution in [0.3, 0.4) is 0 Å². The predicted molar refractivity (Wildman–Crippen MR) is 62.6 cm³/mol. The Balaban J connectivity index is 2.33. The third-order valence-electron chi connectivity index (χ3n) is 1.87. The second kappa shape index (κ2) is 6.69.